The van der Waals surface area contributed by atoms with E-state index < -0.39 is 0 Å². The van der Waals surface area contributed by atoms with Crippen LogP contribution in [0.2, 0.25) is 4.55 Å². The molecule has 0 amide bonds. The Balaban J connectivity index is 1.86. The van der Waals surface area contributed by atoms with Crippen molar-refractivity contribution in [2.75, 3.05) is 13.2 Å². The molecule has 0 aromatic rings. The number of hydrogen-bond donors (Lipinski definition) is 0. The van der Waals surface area contributed by atoms with Crippen LogP contribution in [0, 0.1) is 0 Å². The Kier molecular flexibility index (Phi) is 8.36. The quantitative estimate of drug-likeness (QED) is 0.427. The largest absolute Gasteiger partial charge is 0.463 e. The van der Waals surface area contributed by atoms with Crippen LogP contribution in [0.1, 0.15) is 32.1 Å². The minimum absolute atomic E-state index is 0.116. The van der Waals surface area contributed by atoms with Gasteiger partial charge in [0.05, 0.1) is 13.2 Å². The first-order chi connectivity index (χ1) is 6.43. The zero-order valence-electron chi connectivity index (χ0n) is 8.14. The van der Waals surface area contributed by atoms with Gasteiger partial charge in [-0.15, -0.1) is 4.55 Å². The summed E-state index contributed by atoms with van der Waals surface area (Å²) in [5.41, 5.74) is 0. The summed E-state index contributed by atoms with van der Waals surface area (Å²) in [7, 11) is 0. The average molecular weight is 308 g/mol. The van der Waals surface area contributed by atoms with E-state index in [0.29, 0.717) is 0 Å². The molecule has 13 heavy (non-hydrogen) atoms. The lowest BCUT2D eigenvalue weighted by molar-refractivity contribution is -0.181. The number of hydrogen-bond acceptors (Lipinski definition) is 2. The van der Waals surface area contributed by atoms with Crippen LogP contribution in [0.4, 0.5) is 0 Å². The van der Waals surface area contributed by atoms with Crippen LogP contribution in [0.5, 0.6) is 0 Å². The van der Waals surface area contributed by atoms with Crippen LogP contribution in [0.25, 0.3) is 0 Å². The van der Waals surface area contributed by atoms with Gasteiger partial charge >= 0.3 is 16.5 Å². The fourth-order valence-corrected chi connectivity index (χ4v) is 3.62. The second-order valence-corrected chi connectivity index (χ2v) is 7.74. The lowest BCUT2D eigenvalue weighted by Crippen LogP contribution is -2.24. The van der Waals surface area contributed by atoms with Crippen molar-refractivity contribution >= 4 is 35.3 Å². The minimum Gasteiger partial charge on any atom is -0.353 e. The van der Waals surface area contributed by atoms with E-state index in [1.54, 1.807) is 0 Å². The molecule has 1 aliphatic rings. The molecule has 1 rings (SSSR count). The maximum absolute atomic E-state index is 5.47. The van der Waals surface area contributed by atoms with Gasteiger partial charge in [-0.1, -0.05) is 12.8 Å². The van der Waals surface area contributed by atoms with Crippen LogP contribution in [-0.2, 0) is 9.47 Å². The molecule has 0 spiro atoms. The summed E-state index contributed by atoms with van der Waals surface area (Å²) >= 11 is 2.84. The third-order valence-corrected chi connectivity index (χ3v) is 5.28. The number of halogens is 1. The van der Waals surface area contributed by atoms with E-state index in [4.69, 9.17) is 9.47 Å². The van der Waals surface area contributed by atoms with Crippen molar-refractivity contribution in [1.29, 1.82) is 0 Å². The van der Waals surface area contributed by atoms with Crippen molar-refractivity contribution in [2.24, 2.45) is 0 Å². The second-order valence-electron chi connectivity index (χ2n) is 3.42. The van der Waals surface area contributed by atoms with Gasteiger partial charge in [-0.25, -0.2) is 0 Å². The lowest BCUT2D eigenvalue weighted by atomic mass is 10.2. The summed E-state index contributed by atoms with van der Waals surface area (Å²) < 4.78 is 12.4. The highest BCUT2D eigenvalue weighted by Gasteiger charge is 2.12. The topological polar surface area (TPSA) is 18.5 Å². The fraction of sp³-hybridized carbons (Fsp3) is 1.00. The maximum Gasteiger partial charge on any atom is 0.463 e. The van der Waals surface area contributed by atoms with Crippen molar-refractivity contribution in [3.63, 3.8) is 0 Å². The number of unbranched alkanes of at least 4 members (excludes halogenated alkanes) is 2. The zero-order valence-corrected chi connectivity index (χ0v) is 11.7. The van der Waals surface area contributed by atoms with E-state index in [1.807, 2.05) is 0 Å². The first kappa shape index (κ1) is 12.5. The third kappa shape index (κ3) is 6.49. The number of ether oxygens (including phenoxy) is 2. The van der Waals surface area contributed by atoms with Gasteiger partial charge in [-0.2, -0.15) is 0 Å². The Labute approximate surface area is 100 Å². The Morgan fingerprint density at radius 3 is 2.62 bits per heavy atom. The maximum atomic E-state index is 5.47. The molecule has 0 saturated carbocycles. The molecule has 0 unspecified atom stereocenters. The standard InChI is InChI=1S/C9H17O2.HI.Mg/c1-2-3-4-6-9-10-7-5-8-11-9;;/h9H,1-8H2;1H;/q;;+1/p-1. The summed E-state index contributed by atoms with van der Waals surface area (Å²) in [4.78, 5) is 0. The number of rotatable bonds is 6. The van der Waals surface area contributed by atoms with E-state index >= 15 is 0 Å². The van der Waals surface area contributed by atoms with Gasteiger partial charge in [0, 0.05) is 0 Å². The minimum atomic E-state index is 0.116. The Morgan fingerprint density at radius 1 is 1.15 bits per heavy atom. The predicted octanol–water partition coefficient (Wildman–Crippen LogP) is 2.78. The van der Waals surface area contributed by atoms with Crippen LogP contribution < -0.4 is 0 Å². The van der Waals surface area contributed by atoms with Crippen molar-refractivity contribution in [1.82, 2.24) is 0 Å². The van der Waals surface area contributed by atoms with Gasteiger partial charge in [0.25, 0.3) is 0 Å². The monoisotopic (exact) mass is 308 g/mol. The first-order valence-corrected chi connectivity index (χ1v) is 11.3. The molecule has 1 heterocycles. The zero-order chi connectivity index (χ0) is 9.36. The van der Waals surface area contributed by atoms with Crippen LogP contribution in [0.3, 0.4) is 0 Å². The highest BCUT2D eigenvalue weighted by molar-refractivity contribution is 14.1. The molecular weight excluding hydrogens is 291 g/mol. The van der Waals surface area contributed by atoms with Gasteiger partial charge in [0.2, 0.25) is 0 Å². The molecular formula is C9H17IMgO2. The first-order valence-electron chi connectivity index (χ1n) is 5.22. The average Bonchev–Trinajstić information content (AvgIpc) is 2.19. The Hall–Kier alpha value is 1.42. The van der Waals surface area contributed by atoms with Crippen LogP contribution >= 0.6 is 18.9 Å². The summed E-state index contributed by atoms with van der Waals surface area (Å²) in [6.45, 7) is 1.79. The van der Waals surface area contributed by atoms with E-state index in [9.17, 15) is 0 Å². The van der Waals surface area contributed by atoms with E-state index in [-0.39, 0.29) is 22.8 Å². The molecule has 0 N–H and O–H groups in total. The van der Waals surface area contributed by atoms with Crippen LogP contribution in [0.15, 0.2) is 0 Å². The highest BCUT2D eigenvalue weighted by Crippen LogP contribution is 2.13. The molecule has 0 aromatic heterocycles. The van der Waals surface area contributed by atoms with Gasteiger partial charge in [0.15, 0.2) is 6.29 Å². The molecule has 0 aliphatic carbocycles. The molecule has 0 atom stereocenters. The van der Waals surface area contributed by atoms with Gasteiger partial charge < -0.3 is 28.3 Å². The molecule has 1 fully saturated rings. The van der Waals surface area contributed by atoms with E-state index in [2.05, 4.69) is 18.9 Å². The second kappa shape index (κ2) is 8.70. The van der Waals surface area contributed by atoms with Gasteiger partial charge in [-0.05, 0) is 19.3 Å². The van der Waals surface area contributed by atoms with Gasteiger partial charge in [0.1, 0.15) is 0 Å². The SMILES string of the molecule is [I][Mg][CH2]CCCCC1OCCCO1. The van der Waals surface area contributed by atoms with Crippen molar-refractivity contribution in [3.8, 4) is 0 Å². The van der Waals surface area contributed by atoms with Crippen LogP contribution in [-0.4, -0.2) is 36.0 Å². The normalized spacial score (nSPS) is 18.5. The Morgan fingerprint density at radius 2 is 1.92 bits per heavy atom. The molecule has 1 saturated heterocycles. The lowest BCUT2D eigenvalue weighted by Gasteiger charge is -2.22. The summed E-state index contributed by atoms with van der Waals surface area (Å²) in [5, 5.41) is 0. The fourth-order valence-electron chi connectivity index (χ4n) is 1.46. The van der Waals surface area contributed by atoms with Crippen molar-refractivity contribution < 1.29 is 9.47 Å². The Bertz CT molecular complexity index is 118. The van der Waals surface area contributed by atoms with E-state index in [1.165, 1.54) is 23.8 Å². The molecule has 74 valence electrons. The summed E-state index contributed by atoms with van der Waals surface area (Å²) in [5.74, 6) is 0. The van der Waals surface area contributed by atoms with Gasteiger partial charge in [-0.3, -0.25) is 0 Å². The molecule has 0 aromatic carbocycles. The molecule has 4 heteroatoms. The van der Waals surface area contributed by atoms with Crippen molar-refractivity contribution in [2.45, 2.75) is 42.9 Å². The molecule has 0 radical (unpaired) electrons. The smallest absolute Gasteiger partial charge is 0.353 e. The molecule has 1 aliphatic heterocycles. The highest BCUT2D eigenvalue weighted by atomic mass is 127. The van der Waals surface area contributed by atoms with E-state index in [0.717, 1.165) is 26.1 Å². The predicted molar refractivity (Wildman–Crippen MR) is 63.4 cm³/mol. The summed E-state index contributed by atoms with van der Waals surface area (Å²) in [6, 6.07) is 0. The molecule has 2 nitrogen and oxygen atoms in total. The molecule has 0 bridgehead atoms. The summed E-state index contributed by atoms with van der Waals surface area (Å²) in [6.07, 6.45) is 6.34. The van der Waals surface area contributed by atoms with Crippen molar-refractivity contribution in [3.05, 3.63) is 0 Å². The third-order valence-electron chi connectivity index (χ3n) is 2.22.